The topological polar surface area (TPSA) is 6.48 Å². The third-order valence-electron chi connectivity index (χ3n) is 10.5. The second kappa shape index (κ2) is 14.1. The van der Waals surface area contributed by atoms with Crippen LogP contribution in [0.3, 0.4) is 0 Å². The second-order valence-electron chi connectivity index (χ2n) is 13.7. The van der Waals surface area contributed by atoms with E-state index in [1.165, 1.54) is 58.9 Å². The molecule has 0 spiro atoms. The maximum Gasteiger partial charge on any atom is 0.0554 e. The normalized spacial score (nSPS) is 11.3. The van der Waals surface area contributed by atoms with E-state index < -0.39 is 0 Å². The first-order chi connectivity index (χ1) is 27.3. The van der Waals surface area contributed by atoms with Crippen LogP contribution < -0.4 is 9.80 Å². The summed E-state index contributed by atoms with van der Waals surface area (Å²) in [6.07, 6.45) is 0. The minimum absolute atomic E-state index is 1.11. The third kappa shape index (κ3) is 6.01. The van der Waals surface area contributed by atoms with Gasteiger partial charge < -0.3 is 9.80 Å². The van der Waals surface area contributed by atoms with Crippen LogP contribution in [-0.4, -0.2) is 0 Å². The molecule has 260 valence electrons. The van der Waals surface area contributed by atoms with Gasteiger partial charge in [-0.1, -0.05) is 146 Å². The molecule has 10 rings (SSSR count). The van der Waals surface area contributed by atoms with Gasteiger partial charge in [0, 0.05) is 48.3 Å². The van der Waals surface area contributed by atoms with Crippen LogP contribution in [0.25, 0.3) is 53.2 Å². The van der Waals surface area contributed by atoms with Gasteiger partial charge in [0.25, 0.3) is 0 Å². The molecule has 0 aliphatic carbocycles. The van der Waals surface area contributed by atoms with Crippen molar-refractivity contribution in [3.05, 3.63) is 218 Å². The number of benzene rings is 9. The highest BCUT2D eigenvalue weighted by Crippen LogP contribution is 2.46. The van der Waals surface area contributed by atoms with Gasteiger partial charge in [-0.25, -0.2) is 0 Å². The van der Waals surface area contributed by atoms with Crippen molar-refractivity contribution in [2.75, 3.05) is 9.80 Å². The van der Waals surface area contributed by atoms with Crippen molar-refractivity contribution in [2.24, 2.45) is 0 Å². The fraction of sp³-hybridized carbons (Fsp3) is 0. The van der Waals surface area contributed by atoms with Gasteiger partial charge >= 0.3 is 0 Å². The Morgan fingerprint density at radius 3 is 1.40 bits per heavy atom. The average molecular weight is 721 g/mol. The molecule has 0 saturated heterocycles. The Morgan fingerprint density at radius 1 is 0.273 bits per heavy atom. The molecule has 9 aromatic carbocycles. The number of rotatable bonds is 8. The van der Waals surface area contributed by atoms with Crippen LogP contribution in [0.1, 0.15) is 0 Å². The zero-order chi connectivity index (χ0) is 36.6. The van der Waals surface area contributed by atoms with Crippen molar-refractivity contribution in [2.45, 2.75) is 0 Å². The molecule has 2 nitrogen and oxygen atoms in total. The van der Waals surface area contributed by atoms with E-state index in [0.717, 1.165) is 28.4 Å². The fourth-order valence-corrected chi connectivity index (χ4v) is 9.03. The van der Waals surface area contributed by atoms with Crippen molar-refractivity contribution < 1.29 is 0 Å². The Kier molecular flexibility index (Phi) is 8.40. The molecule has 55 heavy (non-hydrogen) atoms. The van der Waals surface area contributed by atoms with Gasteiger partial charge in [-0.2, -0.15) is 0 Å². The summed E-state index contributed by atoms with van der Waals surface area (Å²) in [7, 11) is 0. The molecule has 0 amide bonds. The summed E-state index contributed by atoms with van der Waals surface area (Å²) in [6.45, 7) is 0. The minimum Gasteiger partial charge on any atom is -0.310 e. The third-order valence-corrected chi connectivity index (χ3v) is 11.6. The number of nitrogens with zero attached hydrogens (tertiary/aromatic N) is 2. The number of para-hydroxylation sites is 2. The first-order valence-electron chi connectivity index (χ1n) is 18.7. The Balaban J connectivity index is 1.07. The van der Waals surface area contributed by atoms with Crippen LogP contribution in [0.4, 0.5) is 34.1 Å². The highest BCUT2D eigenvalue weighted by Gasteiger charge is 2.20. The van der Waals surface area contributed by atoms with Crippen LogP contribution in [0.2, 0.25) is 0 Å². The predicted molar refractivity (Wildman–Crippen MR) is 237 cm³/mol. The molecule has 0 unspecified atom stereocenters. The summed E-state index contributed by atoms with van der Waals surface area (Å²) in [5, 5.41) is 4.99. The monoisotopic (exact) mass is 720 g/mol. The molecule has 0 saturated carbocycles. The van der Waals surface area contributed by atoms with Crippen LogP contribution in [0, 0.1) is 0 Å². The predicted octanol–water partition coefficient (Wildman–Crippen LogP) is 15.5. The Hall–Kier alpha value is -6.94. The molecule has 0 fully saturated rings. The van der Waals surface area contributed by atoms with Crippen LogP contribution in [0.15, 0.2) is 218 Å². The van der Waals surface area contributed by atoms with Gasteiger partial charge in [0.15, 0.2) is 0 Å². The van der Waals surface area contributed by atoms with Crippen LogP contribution in [-0.2, 0) is 0 Å². The number of thiophene rings is 1. The molecule has 0 atom stereocenters. The molecule has 1 aromatic heterocycles. The summed E-state index contributed by atoms with van der Waals surface area (Å²) >= 11 is 1.85. The van der Waals surface area contributed by atoms with Crippen molar-refractivity contribution in [3.63, 3.8) is 0 Å². The first kappa shape index (κ1) is 32.7. The van der Waals surface area contributed by atoms with E-state index in [2.05, 4.69) is 228 Å². The van der Waals surface area contributed by atoms with E-state index in [9.17, 15) is 0 Å². The minimum atomic E-state index is 1.11. The van der Waals surface area contributed by atoms with E-state index >= 15 is 0 Å². The molecule has 1 heterocycles. The van der Waals surface area contributed by atoms with Gasteiger partial charge in [0.2, 0.25) is 0 Å². The van der Waals surface area contributed by atoms with E-state index in [1.54, 1.807) is 0 Å². The highest BCUT2D eigenvalue weighted by atomic mass is 32.1. The maximum atomic E-state index is 2.40. The maximum absolute atomic E-state index is 2.40. The lowest BCUT2D eigenvalue weighted by Gasteiger charge is -2.28. The van der Waals surface area contributed by atoms with Crippen LogP contribution in [0.5, 0.6) is 0 Å². The van der Waals surface area contributed by atoms with Crippen LogP contribution >= 0.6 is 11.3 Å². The number of anilines is 6. The molecule has 0 aliphatic rings. The quantitative estimate of drug-likeness (QED) is 0.154. The summed E-state index contributed by atoms with van der Waals surface area (Å²) in [5.41, 5.74) is 11.6. The smallest absolute Gasteiger partial charge is 0.0554 e. The number of hydrogen-bond donors (Lipinski definition) is 0. The molecule has 10 aromatic rings. The molecular formula is C52H36N2S. The SMILES string of the molecule is c1ccc(-c2ccc(N(c3ccccc3)c3ccc(-c4ccc(N(c5ccccc5)c5cccc6sc7ccccc7c56)cc4)c4ccccc34)cc2)cc1. The number of hydrogen-bond acceptors (Lipinski definition) is 3. The molecule has 0 radical (unpaired) electrons. The van der Waals surface area contributed by atoms with Gasteiger partial charge in [0.05, 0.1) is 11.4 Å². The van der Waals surface area contributed by atoms with E-state index in [4.69, 9.17) is 0 Å². The van der Waals surface area contributed by atoms with Gasteiger partial charge in [-0.05, 0) is 100 Å². The lowest BCUT2D eigenvalue weighted by Crippen LogP contribution is -2.10. The van der Waals surface area contributed by atoms with E-state index in [0.29, 0.717) is 0 Å². The summed E-state index contributed by atoms with van der Waals surface area (Å²) < 4.78 is 2.60. The summed E-state index contributed by atoms with van der Waals surface area (Å²) in [6, 6.07) is 78.7. The van der Waals surface area contributed by atoms with Crippen molar-refractivity contribution >= 4 is 76.4 Å². The average Bonchev–Trinajstić information content (AvgIpc) is 3.65. The largest absolute Gasteiger partial charge is 0.310 e. The first-order valence-corrected chi connectivity index (χ1v) is 19.5. The Labute approximate surface area is 325 Å². The van der Waals surface area contributed by atoms with Gasteiger partial charge in [-0.15, -0.1) is 11.3 Å². The molecule has 3 heteroatoms. The lowest BCUT2D eigenvalue weighted by molar-refractivity contribution is 1.30. The van der Waals surface area contributed by atoms with Gasteiger partial charge in [-0.3, -0.25) is 0 Å². The standard InChI is InChI=1S/C52H36N2S/c1-4-15-37(16-5-1)38-27-31-42(32-28-38)53(40-17-6-2-7-18-40)48-36-35-44(45-21-10-11-22-46(45)48)39-29-33-43(34-30-39)54(41-19-8-3-9-20-41)49-24-14-26-51-52(49)47-23-12-13-25-50(47)55-51/h1-36H. The van der Waals surface area contributed by atoms with Gasteiger partial charge in [0.1, 0.15) is 0 Å². The number of fused-ring (bicyclic) bond motifs is 4. The second-order valence-corrected chi connectivity index (χ2v) is 14.8. The Bertz CT molecular complexity index is 2900. The van der Waals surface area contributed by atoms with E-state index in [-0.39, 0.29) is 0 Å². The fourth-order valence-electron chi connectivity index (χ4n) is 7.90. The molecule has 0 N–H and O–H groups in total. The Morgan fingerprint density at radius 2 is 0.745 bits per heavy atom. The van der Waals surface area contributed by atoms with Crippen molar-refractivity contribution in [1.29, 1.82) is 0 Å². The summed E-state index contributed by atoms with van der Waals surface area (Å²) in [5.74, 6) is 0. The van der Waals surface area contributed by atoms with E-state index in [1.807, 2.05) is 11.3 Å². The zero-order valence-electron chi connectivity index (χ0n) is 30.1. The van der Waals surface area contributed by atoms with Crippen molar-refractivity contribution in [3.8, 4) is 22.3 Å². The van der Waals surface area contributed by atoms with Crippen molar-refractivity contribution in [1.82, 2.24) is 0 Å². The molecule has 0 bridgehead atoms. The summed E-state index contributed by atoms with van der Waals surface area (Å²) in [4.78, 5) is 4.77. The lowest BCUT2D eigenvalue weighted by atomic mass is 9.96. The highest BCUT2D eigenvalue weighted by molar-refractivity contribution is 7.26. The molecular weight excluding hydrogens is 685 g/mol. The zero-order valence-corrected chi connectivity index (χ0v) is 30.9. The molecule has 0 aliphatic heterocycles.